The first-order valence-electron chi connectivity index (χ1n) is 13.6. The van der Waals surface area contributed by atoms with Crippen molar-refractivity contribution in [2.75, 3.05) is 0 Å². The van der Waals surface area contributed by atoms with E-state index in [0.29, 0.717) is 12.8 Å². The molecular weight excluding hydrogens is 494 g/mol. The fourth-order valence-corrected chi connectivity index (χ4v) is 4.00. The second kappa shape index (κ2) is 20.8. The number of unbranched alkanes of at least 4 members (excludes halogenated alkanes) is 15. The molecule has 0 fully saturated rings. The lowest BCUT2D eigenvalue weighted by molar-refractivity contribution is -0.154. The summed E-state index contributed by atoms with van der Waals surface area (Å²) in [6.45, 7) is 2.22. The summed E-state index contributed by atoms with van der Waals surface area (Å²) >= 11 is 0. The highest BCUT2D eigenvalue weighted by molar-refractivity contribution is 6.86. The van der Waals surface area contributed by atoms with Gasteiger partial charge in [0.2, 0.25) is 23.3 Å². The van der Waals surface area contributed by atoms with Crippen molar-refractivity contribution < 1.29 is 43.2 Å². The summed E-state index contributed by atoms with van der Waals surface area (Å²) in [6.07, 6.45) is 17.1. The Morgan fingerprint density at radius 2 is 0.921 bits per heavy atom. The van der Waals surface area contributed by atoms with Gasteiger partial charge in [0.25, 0.3) is 23.1 Å². The van der Waals surface area contributed by atoms with E-state index in [0.717, 1.165) is 25.7 Å². The third-order valence-corrected chi connectivity index (χ3v) is 6.30. The third-order valence-electron chi connectivity index (χ3n) is 6.30. The quantitative estimate of drug-likeness (QED) is 0.0754. The molecule has 0 saturated carbocycles. The molecule has 0 heterocycles. The number of Topliss-reactive ketones (excluding diaryl/α,β-unsaturated/α-hetero) is 7. The van der Waals surface area contributed by atoms with Gasteiger partial charge in [-0.15, -0.1) is 0 Å². The first kappa shape index (κ1) is 34.8. The van der Waals surface area contributed by atoms with Crippen LogP contribution in [-0.4, -0.2) is 52.7 Å². The SMILES string of the molecule is CCCCCCCCCCCCCCCCCCC(=O)C(=O)C(=O)C(C(N)=O)C(=O)C(=O)C(=O)C(=O)C=O. The molecule has 0 aromatic rings. The molecule has 212 valence electrons. The van der Waals surface area contributed by atoms with Crippen LogP contribution >= 0.6 is 0 Å². The standard InChI is InChI=1S/C28H41NO9/c1-2-3-4-5-6-7-8-9-10-11-12-13-14-15-16-17-18-20(31)23(33)25(35)22(28(29)38)26(36)27(37)24(34)21(32)19-30/h19,22H,2-18H2,1H3,(H2,29,38). The van der Waals surface area contributed by atoms with Gasteiger partial charge < -0.3 is 5.73 Å². The predicted molar refractivity (Wildman–Crippen MR) is 138 cm³/mol. The Kier molecular flexibility index (Phi) is 19.1. The van der Waals surface area contributed by atoms with Crippen molar-refractivity contribution in [2.45, 2.75) is 116 Å². The van der Waals surface area contributed by atoms with E-state index >= 15 is 0 Å². The number of nitrogens with two attached hydrogens (primary N) is 1. The van der Waals surface area contributed by atoms with E-state index in [1.807, 2.05) is 0 Å². The molecular formula is C28H41NO9. The average molecular weight is 536 g/mol. The predicted octanol–water partition coefficient (Wildman–Crippen LogP) is 2.92. The van der Waals surface area contributed by atoms with Crippen LogP contribution in [0.25, 0.3) is 0 Å². The highest BCUT2D eigenvalue weighted by atomic mass is 16.2. The molecule has 38 heavy (non-hydrogen) atoms. The van der Waals surface area contributed by atoms with Gasteiger partial charge in [0.05, 0.1) is 0 Å². The number of amides is 1. The lowest BCUT2D eigenvalue weighted by Gasteiger charge is -2.08. The maximum Gasteiger partial charge on any atom is 0.279 e. The first-order valence-corrected chi connectivity index (χ1v) is 13.6. The number of carbonyl (C=O) groups excluding carboxylic acids is 9. The molecule has 0 aromatic carbocycles. The minimum absolute atomic E-state index is 0.292. The maximum atomic E-state index is 12.2. The van der Waals surface area contributed by atoms with Crippen LogP contribution in [0.3, 0.4) is 0 Å². The summed E-state index contributed by atoms with van der Waals surface area (Å²) in [6, 6.07) is 0. The van der Waals surface area contributed by atoms with Crippen LogP contribution in [0, 0.1) is 5.92 Å². The van der Waals surface area contributed by atoms with Crippen LogP contribution in [0.15, 0.2) is 0 Å². The van der Waals surface area contributed by atoms with Gasteiger partial charge in [-0.3, -0.25) is 43.2 Å². The highest BCUT2D eigenvalue weighted by Crippen LogP contribution is 2.14. The summed E-state index contributed by atoms with van der Waals surface area (Å²) in [4.78, 5) is 104. The third kappa shape index (κ3) is 13.9. The summed E-state index contributed by atoms with van der Waals surface area (Å²) in [7, 11) is 0. The van der Waals surface area contributed by atoms with Gasteiger partial charge in [-0.25, -0.2) is 0 Å². The lowest BCUT2D eigenvalue weighted by atomic mass is 9.89. The van der Waals surface area contributed by atoms with Gasteiger partial charge in [0, 0.05) is 6.42 Å². The number of hydrogen-bond acceptors (Lipinski definition) is 9. The molecule has 1 atom stereocenters. The molecule has 0 rings (SSSR count). The topological polar surface area (TPSA) is 180 Å². The van der Waals surface area contributed by atoms with E-state index in [-0.39, 0.29) is 6.42 Å². The second-order valence-electron chi connectivity index (χ2n) is 9.51. The molecule has 1 amide bonds. The molecule has 0 aliphatic heterocycles. The summed E-state index contributed by atoms with van der Waals surface area (Å²) in [5.41, 5.74) is 4.90. The zero-order valence-electron chi connectivity index (χ0n) is 22.4. The number of hydrogen-bond donors (Lipinski definition) is 1. The normalized spacial score (nSPS) is 11.4. The molecule has 0 aliphatic rings. The molecule has 0 aliphatic carbocycles. The minimum Gasteiger partial charge on any atom is -0.369 e. The molecule has 0 bridgehead atoms. The molecule has 0 saturated heterocycles. The average Bonchev–Trinajstić information content (AvgIpc) is 2.90. The van der Waals surface area contributed by atoms with Gasteiger partial charge in [0.1, 0.15) is 0 Å². The molecule has 0 aromatic heterocycles. The van der Waals surface area contributed by atoms with Crippen molar-refractivity contribution in [3.05, 3.63) is 0 Å². The summed E-state index contributed by atoms with van der Waals surface area (Å²) in [5.74, 6) is -17.3. The first-order chi connectivity index (χ1) is 18.1. The van der Waals surface area contributed by atoms with Crippen molar-refractivity contribution in [3.63, 3.8) is 0 Å². The molecule has 10 heteroatoms. The van der Waals surface area contributed by atoms with Crippen molar-refractivity contribution in [2.24, 2.45) is 11.7 Å². The van der Waals surface area contributed by atoms with E-state index in [2.05, 4.69) is 6.92 Å². The Labute approximate surface area is 223 Å². The van der Waals surface area contributed by atoms with Crippen LogP contribution in [0.4, 0.5) is 0 Å². The number of ketones is 7. The van der Waals surface area contributed by atoms with Gasteiger partial charge in [0.15, 0.2) is 12.2 Å². The zero-order chi connectivity index (χ0) is 28.9. The fraction of sp³-hybridized carbons (Fsp3) is 0.679. The fourth-order valence-electron chi connectivity index (χ4n) is 4.00. The minimum atomic E-state index is -2.71. The van der Waals surface area contributed by atoms with Crippen LogP contribution < -0.4 is 5.73 Å². The molecule has 1 unspecified atom stereocenters. The zero-order valence-corrected chi connectivity index (χ0v) is 22.4. The summed E-state index contributed by atoms with van der Waals surface area (Å²) in [5, 5.41) is 0. The van der Waals surface area contributed by atoms with Crippen molar-refractivity contribution in [1.82, 2.24) is 0 Å². The second-order valence-corrected chi connectivity index (χ2v) is 9.51. The Morgan fingerprint density at radius 1 is 0.553 bits per heavy atom. The van der Waals surface area contributed by atoms with E-state index in [4.69, 9.17) is 5.73 Å². The van der Waals surface area contributed by atoms with Crippen LogP contribution in [0.5, 0.6) is 0 Å². The van der Waals surface area contributed by atoms with E-state index in [1.165, 1.54) is 64.2 Å². The number of primary amides is 1. The Bertz CT molecular complexity index is 876. The number of rotatable bonds is 26. The maximum absolute atomic E-state index is 12.2. The smallest absolute Gasteiger partial charge is 0.279 e. The Hall–Kier alpha value is -3.17. The Morgan fingerprint density at radius 3 is 1.29 bits per heavy atom. The molecule has 10 nitrogen and oxygen atoms in total. The lowest BCUT2D eigenvalue weighted by Crippen LogP contribution is -2.47. The van der Waals surface area contributed by atoms with E-state index in [9.17, 15) is 43.2 Å². The van der Waals surface area contributed by atoms with Crippen molar-refractivity contribution in [1.29, 1.82) is 0 Å². The van der Waals surface area contributed by atoms with Gasteiger partial charge in [-0.1, -0.05) is 103 Å². The monoisotopic (exact) mass is 535 g/mol. The molecule has 0 radical (unpaired) electrons. The van der Waals surface area contributed by atoms with E-state index in [1.54, 1.807) is 0 Å². The number of carbonyl (C=O) groups is 9. The van der Waals surface area contributed by atoms with Gasteiger partial charge >= 0.3 is 0 Å². The van der Waals surface area contributed by atoms with Crippen LogP contribution in [0.1, 0.15) is 116 Å². The van der Waals surface area contributed by atoms with Crippen LogP contribution in [0.2, 0.25) is 0 Å². The van der Waals surface area contributed by atoms with Crippen LogP contribution in [-0.2, 0) is 43.2 Å². The van der Waals surface area contributed by atoms with Gasteiger partial charge in [-0.05, 0) is 6.42 Å². The summed E-state index contributed by atoms with van der Waals surface area (Å²) < 4.78 is 0. The Balaban J connectivity index is 4.19. The molecule has 0 spiro atoms. The van der Waals surface area contributed by atoms with E-state index < -0.39 is 58.6 Å². The molecule has 2 N–H and O–H groups in total. The number of aldehydes is 1. The van der Waals surface area contributed by atoms with Gasteiger partial charge in [-0.2, -0.15) is 0 Å². The highest BCUT2D eigenvalue weighted by Gasteiger charge is 2.44. The van der Waals surface area contributed by atoms with Crippen molar-refractivity contribution in [3.8, 4) is 0 Å². The largest absolute Gasteiger partial charge is 0.369 e. The van der Waals surface area contributed by atoms with Crippen molar-refractivity contribution >= 4 is 52.7 Å².